The molecule has 0 atom stereocenters. The molecule has 0 unspecified atom stereocenters. The van der Waals surface area contributed by atoms with Crippen LogP contribution in [0.3, 0.4) is 0 Å². The highest BCUT2D eigenvalue weighted by Gasteiger charge is 2.24. The van der Waals surface area contributed by atoms with Crippen LogP contribution in [-0.2, 0) is 9.59 Å². The van der Waals surface area contributed by atoms with E-state index >= 15 is 0 Å². The van der Waals surface area contributed by atoms with Crippen molar-refractivity contribution in [1.29, 1.82) is 10.8 Å². The number of nitrogens with one attached hydrogen (secondary N) is 3. The lowest BCUT2D eigenvalue weighted by molar-refractivity contribution is -0.137. The minimum atomic E-state index is -1.00. The van der Waals surface area contributed by atoms with Gasteiger partial charge >= 0.3 is 5.97 Å². The summed E-state index contributed by atoms with van der Waals surface area (Å²) in [5.74, 6) is 0.469. The van der Waals surface area contributed by atoms with E-state index in [0.717, 1.165) is 12.8 Å². The number of amidine groups is 2. The first-order valence-corrected chi connectivity index (χ1v) is 10.0. The zero-order valence-electron chi connectivity index (χ0n) is 15.6. The Morgan fingerprint density at radius 3 is 1.84 bits per heavy atom. The average Bonchev–Trinajstić information content (AvgIpc) is 3.46. The maximum Gasteiger partial charge on any atom is 0.303 e. The van der Waals surface area contributed by atoms with Gasteiger partial charge in [-0.3, -0.25) is 24.8 Å². The predicted octanol–water partition coefficient (Wildman–Crippen LogP) is 2.90. The highest BCUT2D eigenvalue weighted by atomic mass is 32.2. The Bertz CT molecular complexity index is 451. The molecule has 0 spiro atoms. The van der Waals surface area contributed by atoms with Gasteiger partial charge in [-0.1, -0.05) is 23.5 Å². The fraction of sp³-hybridized carbons (Fsp3) is 0.733. The lowest BCUT2D eigenvalue weighted by atomic mass is 10.3. The van der Waals surface area contributed by atoms with Crippen LogP contribution in [0.5, 0.6) is 0 Å². The van der Waals surface area contributed by atoms with E-state index < -0.39 is 13.1 Å². The predicted molar refractivity (Wildman–Crippen MR) is 104 cm³/mol. The summed E-state index contributed by atoms with van der Waals surface area (Å²) in [5.41, 5.74) is 4.84. The molecule has 2 aliphatic carbocycles. The molecule has 0 radical (unpaired) electrons. The largest absolute Gasteiger partial charge is 0.481 e. The van der Waals surface area contributed by atoms with Crippen LogP contribution in [-0.4, -0.2) is 47.0 Å². The SMILES string of the molecule is CSC(=N)N.CSC(=N)NC(=O)CC1CC1.O=C(O)CC1CC1.[2H]CF. The molecule has 0 aromatic carbocycles. The van der Waals surface area contributed by atoms with Crippen LogP contribution in [0.2, 0.25) is 0 Å². The molecule has 0 heterocycles. The molecule has 7 nitrogen and oxygen atoms in total. The summed E-state index contributed by atoms with van der Waals surface area (Å²) >= 11 is 2.49. The van der Waals surface area contributed by atoms with Crippen LogP contribution in [0.1, 0.15) is 39.9 Å². The van der Waals surface area contributed by atoms with Crippen molar-refractivity contribution in [1.82, 2.24) is 5.32 Å². The summed E-state index contributed by atoms with van der Waals surface area (Å²) in [5, 5.41) is 24.7. The Kier molecular flexibility index (Phi) is 15.4. The van der Waals surface area contributed by atoms with Crippen LogP contribution in [0.15, 0.2) is 0 Å². The molecule has 0 aliphatic heterocycles. The van der Waals surface area contributed by atoms with Crippen molar-refractivity contribution in [3.63, 3.8) is 0 Å². The van der Waals surface area contributed by atoms with E-state index in [2.05, 4.69) is 5.32 Å². The van der Waals surface area contributed by atoms with Gasteiger partial charge in [-0.15, -0.1) is 0 Å². The highest BCUT2D eigenvalue weighted by Crippen LogP contribution is 2.32. The van der Waals surface area contributed by atoms with Crippen LogP contribution in [0.25, 0.3) is 0 Å². The smallest absolute Gasteiger partial charge is 0.303 e. The number of hydrogen-bond acceptors (Lipinski definition) is 6. The molecule has 2 saturated carbocycles. The molecule has 0 aromatic rings. The number of carboxylic acid groups (broad SMARTS) is 1. The summed E-state index contributed by atoms with van der Waals surface area (Å²) in [6.07, 6.45) is 9.16. The number of rotatable bonds is 4. The van der Waals surface area contributed by atoms with Gasteiger partial charge in [-0.05, 0) is 50.0 Å². The van der Waals surface area contributed by atoms with Crippen LogP contribution in [0.4, 0.5) is 4.39 Å². The second-order valence-electron chi connectivity index (χ2n) is 5.34. The topological polar surface area (TPSA) is 140 Å². The van der Waals surface area contributed by atoms with Crippen LogP contribution in [0, 0.1) is 22.7 Å². The summed E-state index contributed by atoms with van der Waals surface area (Å²) in [6.45, 7) is 0. The van der Waals surface area contributed by atoms with Crippen molar-refractivity contribution in [2.24, 2.45) is 17.6 Å². The van der Waals surface area contributed by atoms with Gasteiger partial charge in [-0.25, -0.2) is 0 Å². The molecule has 10 heteroatoms. The maximum absolute atomic E-state index is 11.0. The lowest BCUT2D eigenvalue weighted by Gasteiger charge is -2.01. The normalized spacial score (nSPS) is 14.8. The summed E-state index contributed by atoms with van der Waals surface area (Å²) in [7, 11) is -1.00. The summed E-state index contributed by atoms with van der Waals surface area (Å²) < 4.78 is 15.5. The fourth-order valence-electron chi connectivity index (χ4n) is 1.38. The second-order valence-corrected chi connectivity index (χ2v) is 7.00. The monoisotopic (exact) mass is 397 g/mol. The molecule has 2 rings (SSSR count). The molecule has 0 saturated heterocycles. The average molecular weight is 398 g/mol. The van der Waals surface area contributed by atoms with Gasteiger partial charge in [0.1, 0.15) is 0 Å². The Labute approximate surface area is 158 Å². The number of carboxylic acids is 1. The van der Waals surface area contributed by atoms with Crippen molar-refractivity contribution in [2.75, 3.05) is 19.7 Å². The highest BCUT2D eigenvalue weighted by molar-refractivity contribution is 8.13. The Morgan fingerprint density at radius 1 is 1.20 bits per heavy atom. The van der Waals surface area contributed by atoms with Gasteiger partial charge in [0.25, 0.3) is 0 Å². The number of hydrogen-bond donors (Lipinski definition) is 5. The second kappa shape index (κ2) is 16.2. The molecule has 1 amide bonds. The molecule has 146 valence electrons. The number of amides is 1. The zero-order valence-corrected chi connectivity index (χ0v) is 16.3. The summed E-state index contributed by atoms with van der Waals surface area (Å²) in [4.78, 5) is 20.8. The van der Waals surface area contributed by atoms with E-state index in [1.165, 1.54) is 36.4 Å². The van der Waals surface area contributed by atoms with Crippen molar-refractivity contribution in [3.05, 3.63) is 0 Å². The van der Waals surface area contributed by atoms with Crippen molar-refractivity contribution in [2.45, 2.75) is 38.5 Å². The standard InChI is InChI=1S/C7H12N2OS.C5H8O2.C2H6N2S.CH3F/c1-11-7(8)9-6(10)4-5-2-3-5;6-5(7)3-4-1-2-4;1-5-2(3)4;1-2/h5H,2-4H2,1H3,(H2,8,9,10);4H,1-3H2,(H,6,7);1H3,(H3,3,4);1H3/i;;;1D. The molecule has 6 N–H and O–H groups in total. The number of nitrogens with two attached hydrogens (primary N) is 1. The van der Waals surface area contributed by atoms with Crippen LogP contribution < -0.4 is 11.1 Å². The fourth-order valence-corrected chi connectivity index (χ4v) is 1.60. The molecule has 2 fully saturated rings. The first kappa shape index (κ1) is 23.7. The first-order chi connectivity index (χ1) is 12.2. The van der Waals surface area contributed by atoms with Crippen LogP contribution >= 0.6 is 23.5 Å². The third kappa shape index (κ3) is 22.7. The molecular weight excluding hydrogens is 367 g/mol. The third-order valence-corrected chi connectivity index (χ3v) is 3.96. The quantitative estimate of drug-likeness (QED) is 0.365. The number of aliphatic carboxylic acids is 1. The lowest BCUT2D eigenvalue weighted by Crippen LogP contribution is -2.27. The molecule has 2 aliphatic rings. The van der Waals surface area contributed by atoms with E-state index in [0.29, 0.717) is 24.7 Å². The Hall–Kier alpha value is -1.29. The maximum atomic E-state index is 11.0. The number of alkyl halides is 1. The van der Waals surface area contributed by atoms with Crippen molar-refractivity contribution >= 4 is 45.7 Å². The van der Waals surface area contributed by atoms with E-state index in [9.17, 15) is 14.0 Å². The van der Waals surface area contributed by atoms with Gasteiger partial charge in [0.15, 0.2) is 10.3 Å². The van der Waals surface area contributed by atoms with E-state index in [1.54, 1.807) is 12.5 Å². The van der Waals surface area contributed by atoms with Gasteiger partial charge in [0.05, 0.1) is 8.52 Å². The van der Waals surface area contributed by atoms with Crippen molar-refractivity contribution in [3.8, 4) is 0 Å². The summed E-state index contributed by atoms with van der Waals surface area (Å²) in [6, 6.07) is 0. The Morgan fingerprint density at radius 2 is 1.60 bits per heavy atom. The molecule has 0 aromatic heterocycles. The zero-order chi connectivity index (χ0) is 20.5. The number of halogens is 1. The number of carbonyl (C=O) groups is 2. The minimum absolute atomic E-state index is 0.00755. The van der Waals surface area contributed by atoms with E-state index in [4.69, 9.17) is 23.0 Å². The minimum Gasteiger partial charge on any atom is -0.481 e. The third-order valence-electron chi connectivity index (χ3n) is 3.01. The van der Waals surface area contributed by atoms with Crippen molar-refractivity contribution < 1.29 is 20.5 Å². The van der Waals surface area contributed by atoms with Gasteiger partial charge in [0.2, 0.25) is 5.91 Å². The van der Waals surface area contributed by atoms with Gasteiger partial charge in [0, 0.05) is 12.8 Å². The Balaban J connectivity index is 0. The molecule has 25 heavy (non-hydrogen) atoms. The molecular formula is C15H29FN4O3S2. The van der Waals surface area contributed by atoms with E-state index in [1.807, 2.05) is 0 Å². The number of carbonyl (C=O) groups excluding carboxylic acids is 1. The molecule has 0 bridgehead atoms. The van der Waals surface area contributed by atoms with Gasteiger partial charge < -0.3 is 16.2 Å². The van der Waals surface area contributed by atoms with Gasteiger partial charge in [-0.2, -0.15) is 0 Å². The van der Waals surface area contributed by atoms with E-state index in [-0.39, 0.29) is 16.2 Å². The first-order valence-electron chi connectivity index (χ1n) is 8.28. The number of thioether (sulfide) groups is 2.